The number of hydrogen-bond donors (Lipinski definition) is 1. The van der Waals surface area contributed by atoms with E-state index in [4.69, 9.17) is 16.1 Å². The molecule has 3 heterocycles. The van der Waals surface area contributed by atoms with Gasteiger partial charge < -0.3 is 14.6 Å². The Hall–Kier alpha value is -2.58. The molecule has 0 aliphatic carbocycles. The van der Waals surface area contributed by atoms with E-state index in [1.54, 1.807) is 0 Å². The lowest BCUT2D eigenvalue weighted by Crippen LogP contribution is -2.49. The number of piperazine rings is 1. The van der Waals surface area contributed by atoms with Crippen LogP contribution in [0.4, 0.5) is 0 Å². The van der Waals surface area contributed by atoms with Crippen LogP contribution in [-0.2, 0) is 24.4 Å². The maximum absolute atomic E-state index is 12.0. The van der Waals surface area contributed by atoms with Crippen LogP contribution in [-0.4, -0.2) is 51.9 Å². The molecule has 0 saturated carbocycles. The van der Waals surface area contributed by atoms with Crippen LogP contribution in [0.5, 0.6) is 0 Å². The molecule has 5 rings (SSSR count). The van der Waals surface area contributed by atoms with E-state index in [1.807, 2.05) is 37.3 Å². The highest BCUT2D eigenvalue weighted by Crippen LogP contribution is 2.38. The largest absolute Gasteiger partial charge is 0.334 e. The Balaban J connectivity index is 1.36. The summed E-state index contributed by atoms with van der Waals surface area (Å²) in [7, 11) is 0. The summed E-state index contributed by atoms with van der Waals surface area (Å²) >= 11 is 6.02. The second-order valence-corrected chi connectivity index (χ2v) is 9.45. The fraction of sp³-hybridized carbons (Fsp3) is 0.400. The van der Waals surface area contributed by atoms with Crippen molar-refractivity contribution < 1.29 is 9.32 Å². The normalized spacial score (nSPS) is 21.3. The Labute approximate surface area is 198 Å². The summed E-state index contributed by atoms with van der Waals surface area (Å²) in [6.07, 6.45) is 1.04. The predicted molar refractivity (Wildman–Crippen MR) is 127 cm³/mol. The van der Waals surface area contributed by atoms with E-state index < -0.39 is 0 Å². The molecular weight excluding hydrogens is 438 g/mol. The summed E-state index contributed by atoms with van der Waals surface area (Å²) in [4.78, 5) is 21.3. The van der Waals surface area contributed by atoms with E-state index in [2.05, 4.69) is 38.2 Å². The first-order chi connectivity index (χ1) is 16.0. The Morgan fingerprint density at radius 2 is 2.03 bits per heavy atom. The number of aldehydes is 1. The fourth-order valence-electron chi connectivity index (χ4n) is 4.92. The third kappa shape index (κ3) is 4.59. The SMILES string of the molecule is Cc1cc(-c2nc(CN3CCNCC3C)no2)cc2c1C(C=O)N(Cc1ccc(Cl)cc1)C2. The molecule has 0 spiro atoms. The van der Waals surface area contributed by atoms with Crippen molar-refractivity contribution in [3.05, 3.63) is 69.5 Å². The molecule has 1 saturated heterocycles. The Morgan fingerprint density at radius 3 is 2.79 bits per heavy atom. The highest BCUT2D eigenvalue weighted by atomic mass is 35.5. The molecule has 8 heteroatoms. The summed E-state index contributed by atoms with van der Waals surface area (Å²) in [5.41, 5.74) is 5.30. The van der Waals surface area contributed by atoms with Gasteiger partial charge in [-0.3, -0.25) is 9.80 Å². The van der Waals surface area contributed by atoms with Gasteiger partial charge in [-0.25, -0.2) is 0 Å². The predicted octanol–water partition coefficient (Wildman–Crippen LogP) is 3.75. The van der Waals surface area contributed by atoms with Crippen LogP contribution in [0.3, 0.4) is 0 Å². The minimum atomic E-state index is -0.267. The third-order valence-electron chi connectivity index (χ3n) is 6.66. The van der Waals surface area contributed by atoms with Crippen LogP contribution < -0.4 is 5.32 Å². The van der Waals surface area contributed by atoms with Gasteiger partial charge in [0.1, 0.15) is 6.29 Å². The summed E-state index contributed by atoms with van der Waals surface area (Å²) in [6, 6.07) is 12.1. The minimum absolute atomic E-state index is 0.267. The van der Waals surface area contributed by atoms with Gasteiger partial charge >= 0.3 is 0 Å². The van der Waals surface area contributed by atoms with Crippen molar-refractivity contribution in [1.82, 2.24) is 25.3 Å². The van der Waals surface area contributed by atoms with Crippen LogP contribution in [0.1, 0.15) is 41.0 Å². The van der Waals surface area contributed by atoms with Gasteiger partial charge in [0.05, 0.1) is 12.6 Å². The summed E-state index contributed by atoms with van der Waals surface area (Å²) in [5.74, 6) is 1.23. The van der Waals surface area contributed by atoms with Gasteiger partial charge in [0, 0.05) is 49.4 Å². The molecule has 0 radical (unpaired) electrons. The van der Waals surface area contributed by atoms with E-state index in [0.29, 0.717) is 42.4 Å². The van der Waals surface area contributed by atoms with Gasteiger partial charge in [-0.2, -0.15) is 4.98 Å². The molecule has 1 N–H and O–H groups in total. The van der Waals surface area contributed by atoms with Crippen molar-refractivity contribution in [3.8, 4) is 11.5 Å². The quantitative estimate of drug-likeness (QED) is 0.555. The first-order valence-corrected chi connectivity index (χ1v) is 11.7. The number of nitrogens with zero attached hydrogens (tertiary/aromatic N) is 4. The average molecular weight is 466 g/mol. The standard InChI is InChI=1S/C25H28ClN5O2/c1-16-9-19(25-28-23(29-33-25)14-30-8-7-27-11-17(30)2)10-20-13-31(22(15-32)24(16)20)12-18-3-5-21(26)6-4-18/h3-6,9-10,15,17,22,27H,7-8,11-14H2,1-2H3. The van der Waals surface area contributed by atoms with Crippen LogP contribution >= 0.6 is 11.6 Å². The number of halogens is 1. The lowest BCUT2D eigenvalue weighted by atomic mass is 9.97. The molecule has 172 valence electrons. The zero-order valence-corrected chi connectivity index (χ0v) is 19.7. The van der Waals surface area contributed by atoms with E-state index in [1.165, 1.54) is 0 Å². The molecule has 2 aliphatic rings. The molecule has 0 amide bonds. The molecule has 33 heavy (non-hydrogen) atoms. The van der Waals surface area contributed by atoms with E-state index in [9.17, 15) is 4.79 Å². The van der Waals surface area contributed by atoms with Crippen LogP contribution in [0.15, 0.2) is 40.9 Å². The summed E-state index contributed by atoms with van der Waals surface area (Å²) < 4.78 is 5.63. The molecule has 2 aliphatic heterocycles. The van der Waals surface area contributed by atoms with Gasteiger partial charge in [-0.05, 0) is 60.4 Å². The lowest BCUT2D eigenvalue weighted by Gasteiger charge is -2.32. The topological polar surface area (TPSA) is 74.5 Å². The van der Waals surface area contributed by atoms with Crippen molar-refractivity contribution in [2.24, 2.45) is 0 Å². The number of aryl methyl sites for hydroxylation is 1. The van der Waals surface area contributed by atoms with Crippen molar-refractivity contribution in [1.29, 1.82) is 0 Å². The number of fused-ring (bicyclic) bond motifs is 1. The molecule has 2 atom stereocenters. The first-order valence-electron chi connectivity index (χ1n) is 11.4. The molecule has 0 bridgehead atoms. The maximum Gasteiger partial charge on any atom is 0.257 e. The smallest absolute Gasteiger partial charge is 0.257 e. The van der Waals surface area contributed by atoms with Crippen molar-refractivity contribution in [3.63, 3.8) is 0 Å². The van der Waals surface area contributed by atoms with E-state index >= 15 is 0 Å². The second-order valence-electron chi connectivity index (χ2n) is 9.02. The zero-order valence-electron chi connectivity index (χ0n) is 18.9. The Bertz CT molecular complexity index is 1150. The summed E-state index contributed by atoms with van der Waals surface area (Å²) in [6.45, 7) is 9.22. The van der Waals surface area contributed by atoms with Crippen molar-refractivity contribution in [2.75, 3.05) is 19.6 Å². The third-order valence-corrected chi connectivity index (χ3v) is 6.91. The van der Waals surface area contributed by atoms with Crippen molar-refractivity contribution >= 4 is 17.9 Å². The molecule has 7 nitrogen and oxygen atoms in total. The van der Waals surface area contributed by atoms with Crippen molar-refractivity contribution in [2.45, 2.75) is 45.6 Å². The highest BCUT2D eigenvalue weighted by Gasteiger charge is 2.32. The molecular formula is C25H28ClN5O2. The number of carbonyl (C=O) groups excluding carboxylic acids is 1. The average Bonchev–Trinajstić information content (AvgIpc) is 3.41. The summed E-state index contributed by atoms with van der Waals surface area (Å²) in [5, 5.41) is 8.34. The molecule has 1 aromatic heterocycles. The number of benzene rings is 2. The molecule has 2 aromatic carbocycles. The maximum atomic E-state index is 12.0. The Kier molecular flexibility index (Phi) is 6.29. The van der Waals surface area contributed by atoms with E-state index in [0.717, 1.165) is 53.7 Å². The molecule has 2 unspecified atom stereocenters. The fourth-order valence-corrected chi connectivity index (χ4v) is 5.04. The molecule has 3 aromatic rings. The monoisotopic (exact) mass is 465 g/mol. The minimum Gasteiger partial charge on any atom is -0.334 e. The number of aromatic nitrogens is 2. The lowest BCUT2D eigenvalue weighted by molar-refractivity contribution is -0.112. The van der Waals surface area contributed by atoms with Crippen LogP contribution in [0.25, 0.3) is 11.5 Å². The first kappa shape index (κ1) is 22.2. The number of hydrogen-bond acceptors (Lipinski definition) is 7. The van der Waals surface area contributed by atoms with Crippen LogP contribution in [0, 0.1) is 6.92 Å². The number of carbonyl (C=O) groups is 1. The van der Waals surface area contributed by atoms with Gasteiger partial charge in [-0.1, -0.05) is 28.9 Å². The highest BCUT2D eigenvalue weighted by molar-refractivity contribution is 6.30. The van der Waals surface area contributed by atoms with Gasteiger partial charge in [0.15, 0.2) is 5.82 Å². The van der Waals surface area contributed by atoms with Gasteiger partial charge in [-0.15, -0.1) is 0 Å². The van der Waals surface area contributed by atoms with Gasteiger partial charge in [0.25, 0.3) is 5.89 Å². The van der Waals surface area contributed by atoms with Crippen LogP contribution in [0.2, 0.25) is 5.02 Å². The van der Waals surface area contributed by atoms with E-state index in [-0.39, 0.29) is 6.04 Å². The van der Waals surface area contributed by atoms with Gasteiger partial charge in [0.2, 0.25) is 0 Å². The zero-order chi connectivity index (χ0) is 22.9. The Morgan fingerprint density at radius 1 is 1.21 bits per heavy atom. The number of rotatable bonds is 6. The molecule has 1 fully saturated rings. The second kappa shape index (κ2) is 9.35. The number of nitrogens with one attached hydrogen (secondary N) is 1.